The molecule has 13 heavy (non-hydrogen) atoms. The van der Waals surface area contributed by atoms with Gasteiger partial charge in [-0.15, -0.1) is 11.6 Å². The van der Waals surface area contributed by atoms with Gasteiger partial charge in [-0.2, -0.15) is 18.2 Å². The molecule has 0 saturated heterocycles. The van der Waals surface area contributed by atoms with Crippen LogP contribution in [-0.2, 0) is 22.0 Å². The Balaban J connectivity index is 0.000000671. The van der Waals surface area contributed by atoms with Gasteiger partial charge in [0.05, 0.1) is 0 Å². The summed E-state index contributed by atoms with van der Waals surface area (Å²) in [6.45, 7) is 2.25. The van der Waals surface area contributed by atoms with E-state index in [1.54, 1.807) is 7.11 Å². The summed E-state index contributed by atoms with van der Waals surface area (Å²) in [5, 5.41) is 0. The number of hydrogen-bond acceptors (Lipinski definition) is 2. The molecule has 0 atom stereocenters. The van der Waals surface area contributed by atoms with Crippen molar-refractivity contribution in [1.29, 1.82) is 0 Å². The quantitative estimate of drug-likeness (QED) is 0.467. The SMILES string of the molecule is COCOc1[c-]cccc1C.[Cl][Zn+]. The Morgan fingerprint density at radius 3 is 2.77 bits per heavy atom. The summed E-state index contributed by atoms with van der Waals surface area (Å²) < 4.78 is 9.97. The van der Waals surface area contributed by atoms with E-state index in [1.807, 2.05) is 25.1 Å². The second-order valence-corrected chi connectivity index (χ2v) is 2.23. The van der Waals surface area contributed by atoms with Crippen molar-refractivity contribution in [3.63, 3.8) is 0 Å². The zero-order valence-corrected chi connectivity index (χ0v) is 11.6. The van der Waals surface area contributed by atoms with Crippen LogP contribution in [0.15, 0.2) is 18.2 Å². The molecule has 1 aromatic rings. The van der Waals surface area contributed by atoms with Gasteiger partial charge in [0.15, 0.2) is 6.79 Å². The molecule has 0 aliphatic rings. The fourth-order valence-corrected chi connectivity index (χ4v) is 0.779. The van der Waals surface area contributed by atoms with Crippen molar-refractivity contribution in [1.82, 2.24) is 0 Å². The average molecular weight is 252 g/mol. The first-order valence-electron chi connectivity index (χ1n) is 3.70. The summed E-state index contributed by atoms with van der Waals surface area (Å²) >= 11 is 0.847. The molecule has 0 N–H and O–H groups in total. The van der Waals surface area contributed by atoms with E-state index in [-0.39, 0.29) is 6.79 Å². The molecule has 0 unspecified atom stereocenters. The molecule has 0 bridgehead atoms. The number of benzene rings is 1. The number of rotatable bonds is 3. The van der Waals surface area contributed by atoms with E-state index >= 15 is 0 Å². The van der Waals surface area contributed by atoms with Crippen molar-refractivity contribution >= 4 is 9.69 Å². The van der Waals surface area contributed by atoms with Crippen LogP contribution in [0.5, 0.6) is 5.75 Å². The van der Waals surface area contributed by atoms with E-state index in [0.29, 0.717) is 0 Å². The topological polar surface area (TPSA) is 18.5 Å². The van der Waals surface area contributed by atoms with E-state index in [0.717, 1.165) is 28.6 Å². The minimum atomic E-state index is 0.279. The molecule has 0 radical (unpaired) electrons. The summed E-state index contributed by atoms with van der Waals surface area (Å²) in [4.78, 5) is 0. The number of hydrogen-bond donors (Lipinski definition) is 0. The molecule has 68 valence electrons. The van der Waals surface area contributed by atoms with Crippen LogP contribution in [-0.4, -0.2) is 13.9 Å². The third-order valence-corrected chi connectivity index (χ3v) is 1.34. The molecule has 0 aromatic heterocycles. The van der Waals surface area contributed by atoms with Crippen molar-refractivity contribution < 1.29 is 26.8 Å². The van der Waals surface area contributed by atoms with Gasteiger partial charge in [-0.1, -0.05) is 6.92 Å². The summed E-state index contributed by atoms with van der Waals surface area (Å²) in [6.07, 6.45) is 0. The van der Waals surface area contributed by atoms with Crippen molar-refractivity contribution in [3.8, 4) is 5.75 Å². The van der Waals surface area contributed by atoms with Gasteiger partial charge in [0.25, 0.3) is 0 Å². The van der Waals surface area contributed by atoms with Gasteiger partial charge in [0.2, 0.25) is 0 Å². The Morgan fingerprint density at radius 2 is 2.23 bits per heavy atom. The monoisotopic (exact) mass is 250 g/mol. The predicted molar refractivity (Wildman–Crippen MR) is 48.4 cm³/mol. The molecular formula is C9H11ClO2Zn. The summed E-state index contributed by atoms with van der Waals surface area (Å²) in [7, 11) is 6.36. The van der Waals surface area contributed by atoms with Gasteiger partial charge in [-0.25, -0.2) is 0 Å². The average Bonchev–Trinajstić information content (AvgIpc) is 2.20. The number of methoxy groups -OCH3 is 1. The Kier molecular flexibility index (Phi) is 8.42. The Morgan fingerprint density at radius 1 is 1.54 bits per heavy atom. The van der Waals surface area contributed by atoms with Gasteiger partial charge in [0.1, 0.15) is 0 Å². The predicted octanol–water partition coefficient (Wildman–Crippen LogP) is 2.46. The standard InChI is InChI=1S/C9H11O2.ClH.Zn/c1-8-5-3-4-6-9(8)11-7-10-2;;/h3-5H,7H2,1-2H3;1H;/q-1;;+2/p-1. The second kappa shape index (κ2) is 8.49. The van der Waals surface area contributed by atoms with Crippen LogP contribution in [0.2, 0.25) is 0 Å². The van der Waals surface area contributed by atoms with Crippen molar-refractivity contribution in [2.45, 2.75) is 6.92 Å². The minimum absolute atomic E-state index is 0.279. The van der Waals surface area contributed by atoms with Crippen LogP contribution in [0.1, 0.15) is 5.56 Å². The van der Waals surface area contributed by atoms with Crippen LogP contribution in [0.4, 0.5) is 0 Å². The Labute approximate surface area is 92.9 Å². The van der Waals surface area contributed by atoms with Crippen LogP contribution >= 0.6 is 9.69 Å². The summed E-state index contributed by atoms with van der Waals surface area (Å²) in [5.74, 6) is 0.759. The number of ether oxygens (including phenoxy) is 2. The molecule has 0 fully saturated rings. The molecule has 0 aliphatic heterocycles. The molecule has 0 saturated carbocycles. The molecule has 0 spiro atoms. The zero-order valence-electron chi connectivity index (χ0n) is 7.84. The molecule has 0 amide bonds. The Bertz CT molecular complexity index is 231. The third-order valence-electron chi connectivity index (χ3n) is 1.34. The van der Waals surface area contributed by atoms with Crippen molar-refractivity contribution in [2.24, 2.45) is 0 Å². The Hall–Kier alpha value is -0.107. The van der Waals surface area contributed by atoms with Crippen molar-refractivity contribution in [2.75, 3.05) is 13.9 Å². The maximum absolute atomic E-state index is 5.21. The molecule has 4 heteroatoms. The number of halogens is 1. The summed E-state index contributed by atoms with van der Waals surface area (Å²) in [5.41, 5.74) is 1.07. The van der Waals surface area contributed by atoms with Gasteiger partial charge < -0.3 is 9.47 Å². The van der Waals surface area contributed by atoms with Gasteiger partial charge in [-0.05, 0) is 0 Å². The fourth-order valence-electron chi connectivity index (χ4n) is 0.779. The molecular weight excluding hydrogens is 241 g/mol. The maximum atomic E-state index is 5.21. The first-order valence-corrected chi connectivity index (χ1v) is 7.60. The van der Waals surface area contributed by atoms with Crippen LogP contribution in [0, 0.1) is 13.0 Å². The van der Waals surface area contributed by atoms with E-state index in [4.69, 9.17) is 19.2 Å². The summed E-state index contributed by atoms with van der Waals surface area (Å²) in [6, 6.07) is 8.69. The first kappa shape index (κ1) is 12.9. The second-order valence-electron chi connectivity index (χ2n) is 2.23. The number of aryl methyl sites for hydroxylation is 1. The van der Waals surface area contributed by atoms with Crippen LogP contribution < -0.4 is 4.74 Å². The third kappa shape index (κ3) is 5.25. The van der Waals surface area contributed by atoms with E-state index < -0.39 is 0 Å². The van der Waals surface area contributed by atoms with E-state index in [2.05, 4.69) is 6.07 Å². The normalized spacial score (nSPS) is 8.69. The number of para-hydroxylation sites is 1. The molecule has 2 nitrogen and oxygen atoms in total. The molecule has 1 rings (SSSR count). The van der Waals surface area contributed by atoms with Crippen LogP contribution in [0.25, 0.3) is 0 Å². The molecule has 0 heterocycles. The van der Waals surface area contributed by atoms with E-state index in [1.165, 1.54) is 0 Å². The van der Waals surface area contributed by atoms with E-state index in [9.17, 15) is 0 Å². The van der Waals surface area contributed by atoms with Crippen LogP contribution in [0.3, 0.4) is 0 Å². The first-order chi connectivity index (χ1) is 6.34. The fraction of sp³-hybridized carbons (Fsp3) is 0.333. The van der Waals surface area contributed by atoms with Crippen molar-refractivity contribution in [3.05, 3.63) is 29.8 Å². The van der Waals surface area contributed by atoms with Gasteiger partial charge in [0, 0.05) is 12.9 Å². The molecule has 0 aliphatic carbocycles. The zero-order chi connectivity index (χ0) is 10.1. The van der Waals surface area contributed by atoms with Gasteiger partial charge >= 0.3 is 27.0 Å². The molecule has 1 aromatic carbocycles. The van der Waals surface area contributed by atoms with Gasteiger partial charge in [-0.3, -0.25) is 0 Å².